The van der Waals surface area contributed by atoms with E-state index in [9.17, 15) is 5.11 Å². The fourth-order valence-electron chi connectivity index (χ4n) is 3.05. The number of benzene rings is 2. The summed E-state index contributed by atoms with van der Waals surface area (Å²) in [5.41, 5.74) is 1.81. The van der Waals surface area contributed by atoms with Gasteiger partial charge in [0.2, 0.25) is 0 Å². The highest BCUT2D eigenvalue weighted by Gasteiger charge is 2.19. The molecule has 2 aromatic rings. The minimum Gasteiger partial charge on any atom is -0.390 e. The van der Waals surface area contributed by atoms with Crippen molar-refractivity contribution in [3.8, 4) is 23.7 Å². The molecule has 0 unspecified atom stereocenters. The summed E-state index contributed by atoms with van der Waals surface area (Å²) >= 11 is 12.0. The molecule has 0 radical (unpaired) electrons. The normalized spacial score (nSPS) is 15.8. The number of hydrogen-bond donors (Lipinski definition) is 1. The van der Waals surface area contributed by atoms with Gasteiger partial charge in [0.25, 0.3) is 0 Å². The van der Waals surface area contributed by atoms with Crippen LogP contribution >= 0.6 is 23.2 Å². The molecule has 1 fully saturated rings. The summed E-state index contributed by atoms with van der Waals surface area (Å²) in [6.07, 6.45) is -0.413. The van der Waals surface area contributed by atoms with Gasteiger partial charge in [-0.2, -0.15) is 0 Å². The maximum Gasteiger partial charge on any atom is 0.0794 e. The van der Waals surface area contributed by atoms with Gasteiger partial charge in [-0.25, -0.2) is 0 Å². The molecule has 1 aliphatic rings. The first-order valence-corrected chi connectivity index (χ1v) is 9.96. The third-order valence-electron chi connectivity index (χ3n) is 4.39. The zero-order chi connectivity index (χ0) is 19.8. The van der Waals surface area contributed by atoms with Crippen molar-refractivity contribution in [2.24, 2.45) is 0 Å². The molecular formula is C23H22Cl2N2O. The van der Waals surface area contributed by atoms with Gasteiger partial charge in [-0.15, -0.1) is 0 Å². The summed E-state index contributed by atoms with van der Waals surface area (Å²) in [5.74, 6) is 12.6. The molecular weight excluding hydrogens is 391 g/mol. The molecule has 144 valence electrons. The van der Waals surface area contributed by atoms with Gasteiger partial charge in [0.15, 0.2) is 0 Å². The maximum absolute atomic E-state index is 10.3. The smallest absolute Gasteiger partial charge is 0.0794 e. The molecule has 2 aromatic carbocycles. The van der Waals surface area contributed by atoms with Crippen LogP contribution in [0.5, 0.6) is 0 Å². The molecule has 5 heteroatoms. The average molecular weight is 413 g/mol. The van der Waals surface area contributed by atoms with Gasteiger partial charge in [-0.1, -0.05) is 59.0 Å². The van der Waals surface area contributed by atoms with Crippen molar-refractivity contribution in [1.82, 2.24) is 9.80 Å². The summed E-state index contributed by atoms with van der Waals surface area (Å²) in [5, 5.41) is 11.7. The van der Waals surface area contributed by atoms with E-state index >= 15 is 0 Å². The maximum atomic E-state index is 10.3. The Hall–Kier alpha value is -1.98. The average Bonchev–Trinajstić information content (AvgIpc) is 2.83. The molecule has 3 nitrogen and oxygen atoms in total. The highest BCUT2D eigenvalue weighted by Crippen LogP contribution is 2.10. The highest BCUT2D eigenvalue weighted by molar-refractivity contribution is 6.30. The first-order valence-electron chi connectivity index (χ1n) is 9.20. The van der Waals surface area contributed by atoms with Crippen LogP contribution < -0.4 is 0 Å². The second-order valence-electron chi connectivity index (χ2n) is 6.75. The van der Waals surface area contributed by atoms with E-state index in [4.69, 9.17) is 23.2 Å². The summed E-state index contributed by atoms with van der Waals surface area (Å²) in [6, 6.07) is 15.0. The van der Waals surface area contributed by atoms with Gasteiger partial charge in [0.1, 0.15) is 0 Å². The molecule has 0 spiro atoms. The number of aliphatic hydroxyl groups excluding tert-OH is 1. The van der Waals surface area contributed by atoms with E-state index in [2.05, 4.69) is 33.5 Å². The van der Waals surface area contributed by atoms with Gasteiger partial charge in [0.05, 0.1) is 19.2 Å². The number of rotatable bonds is 2. The van der Waals surface area contributed by atoms with E-state index in [1.54, 1.807) is 0 Å². The van der Waals surface area contributed by atoms with Crippen LogP contribution in [0.2, 0.25) is 10.0 Å². The molecule has 28 heavy (non-hydrogen) atoms. The van der Waals surface area contributed by atoms with Gasteiger partial charge < -0.3 is 5.11 Å². The van der Waals surface area contributed by atoms with Crippen molar-refractivity contribution in [2.45, 2.75) is 6.10 Å². The number of halogens is 2. The van der Waals surface area contributed by atoms with Crippen LogP contribution in [0, 0.1) is 23.7 Å². The third-order valence-corrected chi connectivity index (χ3v) is 4.86. The number of nitrogens with zero attached hydrogens (tertiary/aromatic N) is 2. The number of aliphatic hydroxyl groups is 1. The van der Waals surface area contributed by atoms with Gasteiger partial charge in [-0.05, 0) is 36.4 Å². The molecule has 0 saturated carbocycles. The predicted octanol–water partition coefficient (Wildman–Crippen LogP) is 3.38. The molecule has 1 heterocycles. The second kappa shape index (κ2) is 10.5. The zero-order valence-electron chi connectivity index (χ0n) is 15.5. The van der Waals surface area contributed by atoms with E-state index in [-0.39, 0.29) is 0 Å². The van der Waals surface area contributed by atoms with Crippen LogP contribution in [-0.2, 0) is 0 Å². The van der Waals surface area contributed by atoms with Crippen molar-refractivity contribution in [3.63, 3.8) is 0 Å². The van der Waals surface area contributed by atoms with E-state index < -0.39 is 6.10 Å². The van der Waals surface area contributed by atoms with Crippen LogP contribution in [0.1, 0.15) is 11.1 Å². The van der Waals surface area contributed by atoms with Crippen molar-refractivity contribution < 1.29 is 5.11 Å². The Bertz CT molecular complexity index is 848. The first-order chi connectivity index (χ1) is 13.6. The fourth-order valence-corrected chi connectivity index (χ4v) is 3.43. The molecule has 3 rings (SSSR count). The largest absolute Gasteiger partial charge is 0.390 e. The third kappa shape index (κ3) is 6.88. The lowest BCUT2D eigenvalue weighted by Gasteiger charge is -2.17. The van der Waals surface area contributed by atoms with Gasteiger partial charge in [-0.3, -0.25) is 9.80 Å². The van der Waals surface area contributed by atoms with E-state index in [1.165, 1.54) is 0 Å². The monoisotopic (exact) mass is 412 g/mol. The fraction of sp³-hybridized carbons (Fsp3) is 0.304. The van der Waals surface area contributed by atoms with Crippen LogP contribution in [0.3, 0.4) is 0 Å². The summed E-state index contributed by atoms with van der Waals surface area (Å²) in [6.45, 7) is 4.16. The zero-order valence-corrected chi connectivity index (χ0v) is 17.0. The minimum atomic E-state index is -0.413. The Morgan fingerprint density at radius 2 is 1.29 bits per heavy atom. The molecule has 1 N–H and O–H groups in total. The molecule has 1 aliphatic heterocycles. The summed E-state index contributed by atoms with van der Waals surface area (Å²) < 4.78 is 0. The van der Waals surface area contributed by atoms with E-state index in [0.717, 1.165) is 24.2 Å². The lowest BCUT2D eigenvalue weighted by molar-refractivity contribution is 0.117. The molecule has 0 aromatic heterocycles. The van der Waals surface area contributed by atoms with Crippen LogP contribution in [0.15, 0.2) is 48.5 Å². The van der Waals surface area contributed by atoms with E-state index in [1.807, 2.05) is 48.5 Å². The Kier molecular flexibility index (Phi) is 7.80. The summed E-state index contributed by atoms with van der Waals surface area (Å²) in [4.78, 5) is 4.35. The quantitative estimate of drug-likeness (QED) is 0.765. The van der Waals surface area contributed by atoms with Crippen molar-refractivity contribution >= 4 is 23.2 Å². The second-order valence-corrected chi connectivity index (χ2v) is 7.62. The Labute approximate surface area is 176 Å². The SMILES string of the molecule is OC1CN(CC#Cc2cccc(Cl)c2)CCN(CC#Cc2cccc(Cl)c2)C1. The standard InChI is InChI=1S/C23H22Cl2N2O/c24-21-9-1-5-19(15-21)7-3-11-26-13-14-27(18-23(28)17-26)12-4-8-20-6-2-10-22(25)16-20/h1-2,5-6,9-10,15-16,23,28H,11-14,17-18H2. The molecule has 0 aliphatic carbocycles. The van der Waals surface area contributed by atoms with Crippen LogP contribution in [0.25, 0.3) is 0 Å². The Morgan fingerprint density at radius 3 is 1.71 bits per heavy atom. The number of hydrogen-bond acceptors (Lipinski definition) is 3. The van der Waals surface area contributed by atoms with Crippen molar-refractivity contribution in [2.75, 3.05) is 39.3 Å². The van der Waals surface area contributed by atoms with Crippen molar-refractivity contribution in [1.29, 1.82) is 0 Å². The predicted molar refractivity (Wildman–Crippen MR) is 116 cm³/mol. The molecule has 0 atom stereocenters. The summed E-state index contributed by atoms with van der Waals surface area (Å²) in [7, 11) is 0. The van der Waals surface area contributed by atoms with E-state index in [0.29, 0.717) is 36.2 Å². The lowest BCUT2D eigenvalue weighted by Crippen LogP contribution is -2.33. The Balaban J connectivity index is 1.52. The number of β-amino-alcohol motifs (C(OH)–C–C–N with tert-alkyl or cyclic N) is 1. The van der Waals surface area contributed by atoms with Crippen LogP contribution in [0.4, 0.5) is 0 Å². The van der Waals surface area contributed by atoms with Gasteiger partial charge >= 0.3 is 0 Å². The van der Waals surface area contributed by atoms with Crippen molar-refractivity contribution in [3.05, 3.63) is 69.7 Å². The first kappa shape index (κ1) is 20.7. The molecule has 0 bridgehead atoms. The topological polar surface area (TPSA) is 26.7 Å². The molecule has 1 saturated heterocycles. The Morgan fingerprint density at radius 1 is 0.821 bits per heavy atom. The van der Waals surface area contributed by atoms with Gasteiger partial charge in [0, 0.05) is 47.4 Å². The van der Waals surface area contributed by atoms with Crippen LogP contribution in [-0.4, -0.2) is 60.3 Å². The minimum absolute atomic E-state index is 0.413. The lowest BCUT2D eigenvalue weighted by atomic mass is 10.2. The molecule has 0 amide bonds. The highest BCUT2D eigenvalue weighted by atomic mass is 35.5.